The molecule has 1 aromatic rings. The van der Waals surface area contributed by atoms with Crippen LogP contribution in [-0.2, 0) is 4.74 Å². The third-order valence-corrected chi connectivity index (χ3v) is 4.42. The summed E-state index contributed by atoms with van der Waals surface area (Å²) in [6, 6.07) is 0. The van der Waals surface area contributed by atoms with E-state index in [4.69, 9.17) is 17.0 Å². The van der Waals surface area contributed by atoms with Crippen molar-refractivity contribution in [2.45, 2.75) is 37.4 Å². The average Bonchev–Trinajstić information content (AvgIpc) is 2.83. The van der Waals surface area contributed by atoms with Gasteiger partial charge >= 0.3 is 0 Å². The number of hydrogen-bond acceptors (Lipinski definition) is 3. The Labute approximate surface area is 101 Å². The number of aromatic amines is 1. The van der Waals surface area contributed by atoms with Crippen molar-refractivity contribution in [1.82, 2.24) is 9.97 Å². The maximum atomic E-state index is 5.80. The predicted octanol–water partition coefficient (Wildman–Crippen LogP) is 2.94. The minimum absolute atomic E-state index is 0.356. The van der Waals surface area contributed by atoms with Gasteiger partial charge in [0.05, 0.1) is 16.7 Å². The first-order valence-electron chi connectivity index (χ1n) is 5.14. The summed E-state index contributed by atoms with van der Waals surface area (Å²) in [5.74, 6) is 1.40. The van der Waals surface area contributed by atoms with E-state index in [2.05, 4.69) is 25.9 Å². The lowest BCUT2D eigenvalue weighted by Gasteiger charge is -2.17. The van der Waals surface area contributed by atoms with Crippen molar-refractivity contribution in [3.8, 4) is 0 Å². The molecule has 0 saturated carbocycles. The van der Waals surface area contributed by atoms with Crippen molar-refractivity contribution in [2.75, 3.05) is 0 Å². The van der Waals surface area contributed by atoms with E-state index in [0.717, 1.165) is 27.8 Å². The molecule has 2 saturated heterocycles. The molecular formula is C10H11BrN2OS. The molecule has 1 N–H and O–H groups in total. The number of nitrogens with zero attached hydrogens (tertiary/aromatic N) is 1. The zero-order chi connectivity index (χ0) is 10.4. The van der Waals surface area contributed by atoms with E-state index in [-0.39, 0.29) is 0 Å². The van der Waals surface area contributed by atoms with E-state index in [9.17, 15) is 0 Å². The standard InChI is InChI=1S/C10H11BrN2OS/c11-7-4-12-9(13-10(7)15)6-3-5-1-2-8(6)14-5/h4-6,8H,1-3H2,(H,12,13,15). The highest BCUT2D eigenvalue weighted by molar-refractivity contribution is 9.10. The summed E-state index contributed by atoms with van der Waals surface area (Å²) < 4.78 is 7.38. The highest BCUT2D eigenvalue weighted by Crippen LogP contribution is 2.43. The van der Waals surface area contributed by atoms with Gasteiger partial charge in [-0.05, 0) is 35.2 Å². The highest BCUT2D eigenvalue weighted by atomic mass is 79.9. The van der Waals surface area contributed by atoms with E-state index >= 15 is 0 Å². The summed E-state index contributed by atoms with van der Waals surface area (Å²) >= 11 is 8.53. The van der Waals surface area contributed by atoms with Gasteiger partial charge in [0, 0.05) is 12.1 Å². The van der Waals surface area contributed by atoms with Crippen LogP contribution < -0.4 is 0 Å². The third-order valence-electron chi connectivity index (χ3n) is 3.23. The lowest BCUT2D eigenvalue weighted by Crippen LogP contribution is -2.17. The number of rotatable bonds is 1. The zero-order valence-corrected chi connectivity index (χ0v) is 10.5. The first-order valence-corrected chi connectivity index (χ1v) is 6.34. The molecule has 2 aliphatic rings. The number of H-pyrrole nitrogens is 1. The molecule has 3 rings (SSSR count). The minimum atomic E-state index is 0.356. The first-order chi connectivity index (χ1) is 7.24. The topological polar surface area (TPSA) is 37.9 Å². The van der Waals surface area contributed by atoms with Crippen LogP contribution >= 0.6 is 28.1 Å². The molecule has 0 spiro atoms. The Kier molecular flexibility index (Phi) is 2.41. The molecule has 15 heavy (non-hydrogen) atoms. The Balaban J connectivity index is 1.93. The normalized spacial score (nSPS) is 33.5. The molecular weight excluding hydrogens is 276 g/mol. The van der Waals surface area contributed by atoms with Gasteiger partial charge in [-0.25, -0.2) is 4.98 Å². The van der Waals surface area contributed by atoms with E-state index in [1.54, 1.807) is 6.20 Å². The van der Waals surface area contributed by atoms with Crippen molar-refractivity contribution in [2.24, 2.45) is 0 Å². The summed E-state index contributed by atoms with van der Waals surface area (Å²) in [5.41, 5.74) is 0. The van der Waals surface area contributed by atoms with E-state index in [1.807, 2.05) is 0 Å². The molecule has 3 atom stereocenters. The van der Waals surface area contributed by atoms with Gasteiger partial charge in [-0.2, -0.15) is 0 Å². The molecule has 0 amide bonds. The van der Waals surface area contributed by atoms with Crippen LogP contribution in [0.25, 0.3) is 0 Å². The minimum Gasteiger partial charge on any atom is -0.374 e. The van der Waals surface area contributed by atoms with Crippen LogP contribution in [0.1, 0.15) is 31.0 Å². The Morgan fingerprint density at radius 1 is 1.53 bits per heavy atom. The molecule has 3 unspecified atom stereocenters. The van der Waals surface area contributed by atoms with E-state index in [0.29, 0.717) is 18.1 Å². The quantitative estimate of drug-likeness (QED) is 0.807. The molecule has 0 aliphatic carbocycles. The van der Waals surface area contributed by atoms with Crippen LogP contribution in [0.5, 0.6) is 0 Å². The number of halogens is 1. The smallest absolute Gasteiger partial charge is 0.120 e. The van der Waals surface area contributed by atoms with Crippen LogP contribution in [0.3, 0.4) is 0 Å². The zero-order valence-electron chi connectivity index (χ0n) is 8.07. The second kappa shape index (κ2) is 3.64. The molecule has 1 aromatic heterocycles. The van der Waals surface area contributed by atoms with Crippen molar-refractivity contribution >= 4 is 28.1 Å². The molecule has 2 aliphatic heterocycles. The van der Waals surface area contributed by atoms with Crippen molar-refractivity contribution in [3.63, 3.8) is 0 Å². The van der Waals surface area contributed by atoms with Gasteiger partial charge in [-0.1, -0.05) is 12.2 Å². The SMILES string of the molecule is S=c1[nH]c(C2CC3CCC2O3)ncc1Br. The van der Waals surface area contributed by atoms with Crippen LogP contribution in [-0.4, -0.2) is 22.2 Å². The van der Waals surface area contributed by atoms with Crippen molar-refractivity contribution in [3.05, 3.63) is 21.1 Å². The fourth-order valence-corrected chi connectivity index (χ4v) is 2.87. The Bertz CT molecular complexity index is 447. The lowest BCUT2D eigenvalue weighted by molar-refractivity contribution is 0.0998. The fourth-order valence-electron chi connectivity index (χ4n) is 2.51. The summed E-state index contributed by atoms with van der Waals surface area (Å²) in [6.07, 6.45) is 6.04. The number of aromatic nitrogens is 2. The van der Waals surface area contributed by atoms with Gasteiger partial charge in [-0.15, -0.1) is 0 Å². The summed E-state index contributed by atoms with van der Waals surface area (Å²) in [6.45, 7) is 0. The van der Waals surface area contributed by atoms with E-state index < -0.39 is 0 Å². The second-order valence-electron chi connectivity index (χ2n) is 4.16. The first kappa shape index (κ1) is 9.93. The predicted molar refractivity (Wildman–Crippen MR) is 62.4 cm³/mol. The Morgan fingerprint density at radius 2 is 2.40 bits per heavy atom. The van der Waals surface area contributed by atoms with Crippen LogP contribution in [0.4, 0.5) is 0 Å². The van der Waals surface area contributed by atoms with Gasteiger partial charge in [0.25, 0.3) is 0 Å². The Morgan fingerprint density at radius 3 is 3.00 bits per heavy atom. The van der Waals surface area contributed by atoms with E-state index in [1.165, 1.54) is 6.42 Å². The van der Waals surface area contributed by atoms with Gasteiger partial charge in [0.15, 0.2) is 0 Å². The monoisotopic (exact) mass is 286 g/mol. The maximum Gasteiger partial charge on any atom is 0.120 e. The molecule has 0 radical (unpaired) electrons. The molecule has 80 valence electrons. The molecule has 5 heteroatoms. The molecule has 0 aromatic carbocycles. The Hall–Kier alpha value is -0.260. The van der Waals surface area contributed by atoms with Crippen molar-refractivity contribution < 1.29 is 4.74 Å². The number of fused-ring (bicyclic) bond motifs is 2. The molecule has 3 nitrogen and oxygen atoms in total. The fraction of sp³-hybridized carbons (Fsp3) is 0.600. The number of nitrogens with one attached hydrogen (secondary N) is 1. The molecule has 2 fully saturated rings. The lowest BCUT2D eigenvalue weighted by atomic mass is 9.89. The second-order valence-corrected chi connectivity index (χ2v) is 5.42. The van der Waals surface area contributed by atoms with Crippen LogP contribution in [0, 0.1) is 4.64 Å². The summed E-state index contributed by atoms with van der Waals surface area (Å²) in [5, 5.41) is 0. The van der Waals surface area contributed by atoms with Gasteiger partial charge < -0.3 is 9.72 Å². The van der Waals surface area contributed by atoms with Gasteiger partial charge in [0.1, 0.15) is 10.5 Å². The highest BCUT2D eigenvalue weighted by Gasteiger charge is 2.42. The van der Waals surface area contributed by atoms with Crippen LogP contribution in [0.15, 0.2) is 10.7 Å². The summed E-state index contributed by atoms with van der Waals surface area (Å²) in [7, 11) is 0. The van der Waals surface area contributed by atoms with Crippen LogP contribution in [0.2, 0.25) is 0 Å². The van der Waals surface area contributed by atoms with Gasteiger partial charge in [0.2, 0.25) is 0 Å². The maximum absolute atomic E-state index is 5.80. The largest absolute Gasteiger partial charge is 0.374 e. The molecule has 3 heterocycles. The summed E-state index contributed by atoms with van der Waals surface area (Å²) in [4.78, 5) is 7.57. The third kappa shape index (κ3) is 1.66. The average molecular weight is 287 g/mol. The number of ether oxygens (including phenoxy) is 1. The molecule has 2 bridgehead atoms. The number of hydrogen-bond donors (Lipinski definition) is 1. The van der Waals surface area contributed by atoms with Crippen molar-refractivity contribution in [1.29, 1.82) is 0 Å². The van der Waals surface area contributed by atoms with Gasteiger partial charge in [-0.3, -0.25) is 0 Å².